The molecular formula is C13H23NO4. The highest BCUT2D eigenvalue weighted by Crippen LogP contribution is 1.99. The molecule has 0 bridgehead atoms. The molecule has 0 radical (unpaired) electrons. The molecule has 1 unspecified atom stereocenters. The van der Waals surface area contributed by atoms with Crippen LogP contribution in [-0.4, -0.2) is 31.3 Å². The summed E-state index contributed by atoms with van der Waals surface area (Å²) in [6.07, 6.45) is 2.61. The molecule has 0 spiro atoms. The Labute approximate surface area is 109 Å². The Morgan fingerprint density at radius 1 is 1.28 bits per heavy atom. The van der Waals surface area contributed by atoms with Crippen molar-refractivity contribution in [1.82, 2.24) is 5.32 Å². The summed E-state index contributed by atoms with van der Waals surface area (Å²) in [5.74, 6) is -0.477. The van der Waals surface area contributed by atoms with Gasteiger partial charge in [-0.1, -0.05) is 26.3 Å². The lowest BCUT2D eigenvalue weighted by Crippen LogP contribution is -2.33. The van der Waals surface area contributed by atoms with Gasteiger partial charge in [0.25, 0.3) is 0 Å². The Bertz CT molecular complexity index is 289. The van der Waals surface area contributed by atoms with Crippen LogP contribution in [-0.2, 0) is 14.3 Å². The molecule has 0 aliphatic rings. The van der Waals surface area contributed by atoms with Crippen molar-refractivity contribution in [3.05, 3.63) is 12.2 Å². The van der Waals surface area contributed by atoms with E-state index in [4.69, 9.17) is 9.47 Å². The zero-order valence-corrected chi connectivity index (χ0v) is 11.5. The Morgan fingerprint density at radius 2 is 1.89 bits per heavy atom. The second kappa shape index (κ2) is 9.50. The predicted octanol–water partition coefficient (Wildman–Crippen LogP) is 2.41. The molecule has 5 nitrogen and oxygen atoms in total. The maximum Gasteiger partial charge on any atom is 0.407 e. The van der Waals surface area contributed by atoms with E-state index in [1.165, 1.54) is 0 Å². The van der Waals surface area contributed by atoms with Gasteiger partial charge in [0, 0.05) is 11.6 Å². The molecule has 0 aliphatic heterocycles. The number of amides is 1. The number of carbonyl (C=O) groups is 2. The van der Waals surface area contributed by atoms with Gasteiger partial charge in [0.2, 0.25) is 0 Å². The van der Waals surface area contributed by atoms with Gasteiger partial charge in [0.05, 0.1) is 0 Å². The highest BCUT2D eigenvalue weighted by atomic mass is 16.6. The molecule has 0 rings (SSSR count). The first kappa shape index (κ1) is 16.5. The molecule has 0 heterocycles. The Kier molecular flexibility index (Phi) is 8.70. The lowest BCUT2D eigenvalue weighted by molar-refractivity contribution is -0.139. The first-order chi connectivity index (χ1) is 8.47. The van der Waals surface area contributed by atoms with Gasteiger partial charge in [-0.15, -0.1) is 0 Å². The summed E-state index contributed by atoms with van der Waals surface area (Å²) in [6, 6.07) is 0.0930. The average Bonchev–Trinajstić information content (AvgIpc) is 2.31. The van der Waals surface area contributed by atoms with Crippen LogP contribution in [0.3, 0.4) is 0 Å². The van der Waals surface area contributed by atoms with Gasteiger partial charge >= 0.3 is 12.1 Å². The number of hydrogen-bond acceptors (Lipinski definition) is 4. The largest absolute Gasteiger partial charge is 0.459 e. The fourth-order valence-corrected chi connectivity index (χ4v) is 1.22. The molecule has 0 saturated carbocycles. The monoisotopic (exact) mass is 257 g/mol. The van der Waals surface area contributed by atoms with Crippen molar-refractivity contribution in [2.24, 2.45) is 0 Å². The molecule has 104 valence electrons. The van der Waals surface area contributed by atoms with Crippen molar-refractivity contribution in [2.75, 3.05) is 13.2 Å². The number of esters is 1. The minimum Gasteiger partial charge on any atom is -0.459 e. The number of rotatable bonds is 8. The minimum absolute atomic E-state index is 0.0441. The summed E-state index contributed by atoms with van der Waals surface area (Å²) < 4.78 is 9.65. The van der Waals surface area contributed by atoms with Crippen LogP contribution in [0.5, 0.6) is 0 Å². The third kappa shape index (κ3) is 8.61. The topological polar surface area (TPSA) is 64.6 Å². The highest BCUT2D eigenvalue weighted by molar-refractivity contribution is 5.86. The van der Waals surface area contributed by atoms with E-state index in [1.54, 1.807) is 6.92 Å². The summed E-state index contributed by atoms with van der Waals surface area (Å²) in [7, 11) is 0. The number of unbranched alkanes of at least 4 members (excludes halogenated alkanes) is 1. The molecule has 0 aromatic rings. The Balaban J connectivity index is 3.59. The van der Waals surface area contributed by atoms with Crippen molar-refractivity contribution in [1.29, 1.82) is 0 Å². The smallest absolute Gasteiger partial charge is 0.407 e. The van der Waals surface area contributed by atoms with E-state index in [0.717, 1.165) is 19.3 Å². The van der Waals surface area contributed by atoms with Gasteiger partial charge in [-0.3, -0.25) is 0 Å². The van der Waals surface area contributed by atoms with Crippen LogP contribution in [0, 0.1) is 0 Å². The second-order valence-electron chi connectivity index (χ2n) is 4.24. The van der Waals surface area contributed by atoms with Crippen LogP contribution in [0.4, 0.5) is 4.79 Å². The van der Waals surface area contributed by atoms with E-state index >= 15 is 0 Å². The first-order valence-corrected chi connectivity index (χ1v) is 6.23. The number of nitrogens with one attached hydrogen (secondary N) is 1. The van der Waals surface area contributed by atoms with Crippen molar-refractivity contribution < 1.29 is 19.1 Å². The minimum atomic E-state index is -0.482. The van der Waals surface area contributed by atoms with Gasteiger partial charge in [0.1, 0.15) is 13.2 Å². The maximum absolute atomic E-state index is 11.3. The molecule has 0 saturated heterocycles. The van der Waals surface area contributed by atoms with Crippen LogP contribution in [0.15, 0.2) is 12.2 Å². The third-order valence-corrected chi connectivity index (χ3v) is 2.25. The highest BCUT2D eigenvalue weighted by Gasteiger charge is 2.08. The quantitative estimate of drug-likeness (QED) is 0.412. The molecule has 1 N–H and O–H groups in total. The van der Waals surface area contributed by atoms with Crippen LogP contribution in [0.2, 0.25) is 0 Å². The van der Waals surface area contributed by atoms with Crippen molar-refractivity contribution in [3.8, 4) is 0 Å². The van der Waals surface area contributed by atoms with Gasteiger partial charge in [-0.25, -0.2) is 9.59 Å². The average molecular weight is 257 g/mol. The van der Waals surface area contributed by atoms with E-state index in [0.29, 0.717) is 5.57 Å². The fraction of sp³-hybridized carbons (Fsp3) is 0.692. The molecule has 18 heavy (non-hydrogen) atoms. The van der Waals surface area contributed by atoms with Crippen molar-refractivity contribution in [2.45, 2.75) is 46.1 Å². The van der Waals surface area contributed by atoms with E-state index in [-0.39, 0.29) is 19.3 Å². The van der Waals surface area contributed by atoms with Gasteiger partial charge in [-0.2, -0.15) is 0 Å². The lowest BCUT2D eigenvalue weighted by Gasteiger charge is -2.13. The van der Waals surface area contributed by atoms with Gasteiger partial charge < -0.3 is 14.8 Å². The maximum atomic E-state index is 11.3. The SMILES string of the molecule is C=C(C)C(=O)OCCOC(=O)NC(C)CCCC. The molecule has 1 atom stereocenters. The van der Waals surface area contributed by atoms with Crippen LogP contribution in [0.25, 0.3) is 0 Å². The standard InChI is InChI=1S/C13H23NO4/c1-5-6-7-11(4)14-13(16)18-9-8-17-12(15)10(2)3/h11H,2,5-9H2,1,3-4H3,(H,14,16). The summed E-state index contributed by atoms with van der Waals surface area (Å²) in [4.78, 5) is 22.3. The second-order valence-corrected chi connectivity index (χ2v) is 4.24. The number of alkyl carbamates (subject to hydrolysis) is 1. The molecule has 5 heteroatoms. The van der Waals surface area contributed by atoms with Crippen LogP contribution < -0.4 is 5.32 Å². The summed E-state index contributed by atoms with van der Waals surface area (Å²) in [6.45, 7) is 9.12. The van der Waals surface area contributed by atoms with Crippen molar-refractivity contribution in [3.63, 3.8) is 0 Å². The molecule has 0 aromatic carbocycles. The summed E-state index contributed by atoms with van der Waals surface area (Å²) in [5.41, 5.74) is 0.327. The van der Waals surface area contributed by atoms with Crippen molar-refractivity contribution >= 4 is 12.1 Å². The van der Waals surface area contributed by atoms with Crippen LogP contribution >= 0.6 is 0 Å². The zero-order valence-electron chi connectivity index (χ0n) is 11.5. The Hall–Kier alpha value is -1.52. The predicted molar refractivity (Wildman–Crippen MR) is 69.2 cm³/mol. The van der Waals surface area contributed by atoms with E-state index in [9.17, 15) is 9.59 Å². The molecular weight excluding hydrogens is 234 g/mol. The molecule has 0 aliphatic carbocycles. The van der Waals surface area contributed by atoms with Gasteiger partial charge in [-0.05, 0) is 20.3 Å². The molecule has 0 aromatic heterocycles. The molecule has 0 fully saturated rings. The van der Waals surface area contributed by atoms with E-state index in [2.05, 4.69) is 18.8 Å². The fourth-order valence-electron chi connectivity index (χ4n) is 1.22. The third-order valence-electron chi connectivity index (χ3n) is 2.25. The van der Waals surface area contributed by atoms with E-state index < -0.39 is 12.1 Å². The summed E-state index contributed by atoms with van der Waals surface area (Å²) >= 11 is 0. The molecule has 1 amide bonds. The summed E-state index contributed by atoms with van der Waals surface area (Å²) in [5, 5.41) is 2.71. The number of hydrogen-bond donors (Lipinski definition) is 1. The Morgan fingerprint density at radius 3 is 2.44 bits per heavy atom. The van der Waals surface area contributed by atoms with Crippen LogP contribution in [0.1, 0.15) is 40.0 Å². The first-order valence-electron chi connectivity index (χ1n) is 6.23. The normalized spacial score (nSPS) is 11.5. The van der Waals surface area contributed by atoms with Gasteiger partial charge in [0.15, 0.2) is 0 Å². The van der Waals surface area contributed by atoms with E-state index in [1.807, 2.05) is 6.92 Å². The number of ether oxygens (including phenoxy) is 2. The number of carbonyl (C=O) groups excluding carboxylic acids is 2. The lowest BCUT2D eigenvalue weighted by atomic mass is 10.1. The zero-order chi connectivity index (χ0) is 14.0.